The molecular formula is C19H16F5N3O2. The highest BCUT2D eigenvalue weighted by atomic mass is 19.4. The highest BCUT2D eigenvalue weighted by Crippen LogP contribution is 2.34. The van der Waals surface area contributed by atoms with Crippen LogP contribution in [-0.2, 0) is 6.18 Å². The Morgan fingerprint density at radius 3 is 1.90 bits per heavy atom. The number of halogens is 5. The Labute approximate surface area is 162 Å². The van der Waals surface area contributed by atoms with Crippen LogP contribution in [0.15, 0.2) is 36.4 Å². The molecule has 0 aromatic heterocycles. The minimum atomic E-state index is -4.70. The average Bonchev–Trinajstić information content (AvgIpc) is 2.67. The summed E-state index contributed by atoms with van der Waals surface area (Å²) < 4.78 is 66.6. The van der Waals surface area contributed by atoms with Crippen molar-refractivity contribution in [1.82, 2.24) is 9.80 Å². The quantitative estimate of drug-likeness (QED) is 0.608. The zero-order valence-corrected chi connectivity index (χ0v) is 15.0. The maximum atomic E-state index is 13.8. The van der Waals surface area contributed by atoms with E-state index in [1.165, 1.54) is 15.9 Å². The molecule has 0 radical (unpaired) electrons. The van der Waals surface area contributed by atoms with Crippen LogP contribution < -0.4 is 5.73 Å². The van der Waals surface area contributed by atoms with Crippen molar-refractivity contribution in [1.29, 1.82) is 0 Å². The highest BCUT2D eigenvalue weighted by Gasteiger charge is 2.34. The number of hydrogen-bond donors (Lipinski definition) is 1. The summed E-state index contributed by atoms with van der Waals surface area (Å²) in [5, 5.41) is 0. The van der Waals surface area contributed by atoms with Gasteiger partial charge in [0.15, 0.2) is 0 Å². The number of carbonyl (C=O) groups is 2. The molecule has 3 rings (SSSR count). The number of nitrogens with two attached hydrogens (primary N) is 1. The van der Waals surface area contributed by atoms with Gasteiger partial charge in [0.25, 0.3) is 11.8 Å². The van der Waals surface area contributed by atoms with E-state index in [9.17, 15) is 31.5 Å². The van der Waals surface area contributed by atoms with Gasteiger partial charge in [-0.05, 0) is 30.3 Å². The van der Waals surface area contributed by atoms with Crippen LogP contribution in [0.3, 0.4) is 0 Å². The van der Waals surface area contributed by atoms with E-state index in [-0.39, 0.29) is 31.7 Å². The fourth-order valence-electron chi connectivity index (χ4n) is 3.09. The maximum Gasteiger partial charge on any atom is 0.418 e. The third-order valence-electron chi connectivity index (χ3n) is 4.64. The van der Waals surface area contributed by atoms with E-state index in [4.69, 9.17) is 5.73 Å². The van der Waals surface area contributed by atoms with Crippen LogP contribution in [0.5, 0.6) is 0 Å². The van der Waals surface area contributed by atoms with Crippen molar-refractivity contribution in [3.05, 3.63) is 64.7 Å². The Kier molecular flexibility index (Phi) is 5.45. The highest BCUT2D eigenvalue weighted by molar-refractivity contribution is 5.96. The first-order valence-corrected chi connectivity index (χ1v) is 8.59. The molecule has 0 saturated carbocycles. The van der Waals surface area contributed by atoms with Gasteiger partial charge >= 0.3 is 6.18 Å². The summed E-state index contributed by atoms with van der Waals surface area (Å²) in [4.78, 5) is 27.4. The molecule has 29 heavy (non-hydrogen) atoms. The summed E-state index contributed by atoms with van der Waals surface area (Å²) >= 11 is 0. The summed E-state index contributed by atoms with van der Waals surface area (Å²) in [6, 6.07) is 5.96. The van der Waals surface area contributed by atoms with Gasteiger partial charge in [-0.2, -0.15) is 13.2 Å². The first-order chi connectivity index (χ1) is 13.6. The maximum absolute atomic E-state index is 13.8. The zero-order chi connectivity index (χ0) is 21.3. The van der Waals surface area contributed by atoms with E-state index in [1.807, 2.05) is 0 Å². The molecular weight excluding hydrogens is 397 g/mol. The molecule has 2 aromatic carbocycles. The normalized spacial score (nSPS) is 14.8. The molecule has 1 aliphatic heterocycles. The van der Waals surface area contributed by atoms with Crippen LogP contribution in [-0.4, -0.2) is 47.8 Å². The lowest BCUT2D eigenvalue weighted by molar-refractivity contribution is -0.136. The molecule has 5 nitrogen and oxygen atoms in total. The van der Waals surface area contributed by atoms with Gasteiger partial charge in [-0.3, -0.25) is 9.59 Å². The third kappa shape index (κ3) is 4.15. The second kappa shape index (κ2) is 7.69. The molecule has 2 N–H and O–H groups in total. The zero-order valence-electron chi connectivity index (χ0n) is 15.0. The van der Waals surface area contributed by atoms with Gasteiger partial charge in [-0.25, -0.2) is 8.78 Å². The molecule has 0 spiro atoms. The third-order valence-corrected chi connectivity index (χ3v) is 4.64. The Balaban J connectivity index is 1.71. The van der Waals surface area contributed by atoms with Crippen molar-refractivity contribution in [2.24, 2.45) is 0 Å². The number of nitrogen functional groups attached to an aromatic ring is 1. The van der Waals surface area contributed by atoms with Crippen LogP contribution in [0.4, 0.5) is 27.6 Å². The fourth-order valence-corrected chi connectivity index (χ4v) is 3.09. The van der Waals surface area contributed by atoms with Crippen LogP contribution in [0.1, 0.15) is 26.3 Å². The first kappa shape index (κ1) is 20.6. The minimum Gasteiger partial charge on any atom is -0.398 e. The van der Waals surface area contributed by atoms with E-state index in [1.54, 1.807) is 0 Å². The molecule has 0 unspecified atom stereocenters. The van der Waals surface area contributed by atoms with Gasteiger partial charge in [0.1, 0.15) is 17.2 Å². The van der Waals surface area contributed by atoms with Crippen molar-refractivity contribution in [2.75, 3.05) is 31.9 Å². The molecule has 2 amide bonds. The number of alkyl halides is 3. The van der Waals surface area contributed by atoms with Gasteiger partial charge in [0.05, 0.1) is 5.56 Å². The Hall–Kier alpha value is -3.17. The number of rotatable bonds is 2. The first-order valence-electron chi connectivity index (χ1n) is 8.59. The standard InChI is InChI=1S/C19H16F5N3O2/c20-13-2-1-3-14(21)16(13)18(29)27-8-6-26(7-9-27)17(28)11-4-5-15(25)12(10-11)19(22,23)24/h1-5,10H,6-9,25H2. The molecule has 10 heteroatoms. The van der Waals surface area contributed by atoms with Gasteiger partial charge < -0.3 is 15.5 Å². The van der Waals surface area contributed by atoms with E-state index >= 15 is 0 Å². The van der Waals surface area contributed by atoms with Gasteiger partial charge in [-0.1, -0.05) is 6.07 Å². The second-order valence-electron chi connectivity index (χ2n) is 6.48. The number of amides is 2. The molecule has 0 bridgehead atoms. The second-order valence-corrected chi connectivity index (χ2v) is 6.48. The molecule has 0 atom stereocenters. The lowest BCUT2D eigenvalue weighted by atomic mass is 10.1. The van der Waals surface area contributed by atoms with Crippen LogP contribution in [0, 0.1) is 11.6 Å². The SMILES string of the molecule is Nc1ccc(C(=O)N2CCN(C(=O)c3c(F)cccc3F)CC2)cc1C(F)(F)F. The Morgan fingerprint density at radius 1 is 0.862 bits per heavy atom. The molecule has 154 valence electrons. The Morgan fingerprint density at radius 2 is 1.38 bits per heavy atom. The largest absolute Gasteiger partial charge is 0.418 e. The van der Waals surface area contributed by atoms with Gasteiger partial charge in [0.2, 0.25) is 0 Å². The van der Waals surface area contributed by atoms with Crippen molar-refractivity contribution >= 4 is 17.5 Å². The molecule has 1 heterocycles. The monoisotopic (exact) mass is 413 g/mol. The fraction of sp³-hybridized carbons (Fsp3) is 0.263. The smallest absolute Gasteiger partial charge is 0.398 e. The Bertz CT molecular complexity index is 933. The number of anilines is 1. The number of nitrogens with zero attached hydrogens (tertiary/aromatic N) is 2. The summed E-state index contributed by atoms with van der Waals surface area (Å²) in [7, 11) is 0. The van der Waals surface area contributed by atoms with E-state index in [0.717, 1.165) is 24.3 Å². The van der Waals surface area contributed by atoms with E-state index in [2.05, 4.69) is 0 Å². The van der Waals surface area contributed by atoms with Crippen molar-refractivity contribution < 1.29 is 31.5 Å². The molecule has 0 aliphatic carbocycles. The van der Waals surface area contributed by atoms with Crippen molar-refractivity contribution in [3.63, 3.8) is 0 Å². The lowest BCUT2D eigenvalue weighted by Crippen LogP contribution is -2.50. The minimum absolute atomic E-state index is 0.00632. The summed E-state index contributed by atoms with van der Waals surface area (Å²) in [6.45, 7) is -0.0162. The average molecular weight is 413 g/mol. The molecule has 1 fully saturated rings. The topological polar surface area (TPSA) is 66.6 Å². The van der Waals surface area contributed by atoms with Crippen LogP contribution in [0.2, 0.25) is 0 Å². The number of hydrogen-bond acceptors (Lipinski definition) is 3. The number of benzene rings is 2. The summed E-state index contributed by atoms with van der Waals surface area (Å²) in [5.41, 5.74) is 2.87. The van der Waals surface area contributed by atoms with Gasteiger partial charge in [0, 0.05) is 37.4 Å². The summed E-state index contributed by atoms with van der Waals surface area (Å²) in [6.07, 6.45) is -4.70. The molecule has 1 aliphatic rings. The van der Waals surface area contributed by atoms with Crippen molar-refractivity contribution in [3.8, 4) is 0 Å². The number of piperazine rings is 1. The summed E-state index contributed by atoms with van der Waals surface area (Å²) in [5.74, 6) is -3.48. The van der Waals surface area contributed by atoms with E-state index in [0.29, 0.717) is 6.07 Å². The predicted molar refractivity (Wildman–Crippen MR) is 94.0 cm³/mol. The molecule has 2 aromatic rings. The van der Waals surface area contributed by atoms with Crippen LogP contribution in [0.25, 0.3) is 0 Å². The lowest BCUT2D eigenvalue weighted by Gasteiger charge is -2.35. The van der Waals surface area contributed by atoms with E-state index < -0.39 is 46.4 Å². The van der Waals surface area contributed by atoms with Crippen molar-refractivity contribution in [2.45, 2.75) is 6.18 Å². The predicted octanol–water partition coefficient (Wildman–Crippen LogP) is 3.16. The van der Waals surface area contributed by atoms with Crippen LogP contribution >= 0.6 is 0 Å². The number of carbonyl (C=O) groups excluding carboxylic acids is 2. The molecule has 1 saturated heterocycles. The van der Waals surface area contributed by atoms with Gasteiger partial charge in [-0.15, -0.1) is 0 Å².